The van der Waals surface area contributed by atoms with E-state index in [1.165, 1.54) is 0 Å². The lowest BCUT2D eigenvalue weighted by Gasteiger charge is -2.24. The van der Waals surface area contributed by atoms with Gasteiger partial charge in [0.05, 0.1) is 24.5 Å². The second-order valence-electron chi connectivity index (χ2n) is 9.20. The van der Waals surface area contributed by atoms with Gasteiger partial charge in [-0.3, -0.25) is 9.59 Å². The average molecular weight is 490 g/mol. The van der Waals surface area contributed by atoms with Gasteiger partial charge in [-0.2, -0.15) is 0 Å². The Bertz CT molecular complexity index is 1220. The van der Waals surface area contributed by atoms with Crippen molar-refractivity contribution in [3.8, 4) is 22.4 Å². The standard InChI is InChI=1S/C27H31N5O4/c1-17(15-30-27(35)36)13-25(34)32-12-2-3-23(32)26-29-16-22(31-26)20-8-4-18(5-9-20)19-6-10-21(11-7-19)24(33)14-28/h4-11,16-17,23,30H,2-3,12-15,28H2,1H3,(H,29,31)(H,35,36)/t17?,23-/m0/s1. The maximum atomic E-state index is 12.9. The predicted molar refractivity (Wildman–Crippen MR) is 136 cm³/mol. The van der Waals surface area contributed by atoms with Crippen LogP contribution in [0.1, 0.15) is 48.4 Å². The van der Waals surface area contributed by atoms with E-state index in [4.69, 9.17) is 10.8 Å². The lowest BCUT2D eigenvalue weighted by molar-refractivity contribution is -0.133. The van der Waals surface area contributed by atoms with Gasteiger partial charge in [0.1, 0.15) is 5.82 Å². The molecule has 1 aromatic heterocycles. The normalized spacial score (nSPS) is 16.1. The molecule has 1 aliphatic rings. The number of carboxylic acid groups (broad SMARTS) is 1. The SMILES string of the molecule is CC(CNC(=O)O)CC(=O)N1CCC[C@H]1c1ncc(-c2ccc(-c3ccc(C(=O)CN)cc3)cc2)[nH]1. The van der Waals surface area contributed by atoms with Crippen molar-refractivity contribution in [2.45, 2.75) is 32.2 Å². The van der Waals surface area contributed by atoms with Crippen LogP contribution in [-0.2, 0) is 4.79 Å². The maximum Gasteiger partial charge on any atom is 0.404 e. The molecule has 1 unspecified atom stereocenters. The van der Waals surface area contributed by atoms with Gasteiger partial charge in [-0.1, -0.05) is 55.5 Å². The van der Waals surface area contributed by atoms with Crippen LogP contribution in [-0.4, -0.2) is 57.4 Å². The Labute approximate surface area is 209 Å². The molecule has 2 heterocycles. The van der Waals surface area contributed by atoms with Crippen molar-refractivity contribution in [2.24, 2.45) is 11.7 Å². The number of nitrogens with one attached hydrogen (secondary N) is 2. The molecular formula is C27H31N5O4. The third kappa shape index (κ3) is 5.80. The monoisotopic (exact) mass is 489 g/mol. The van der Waals surface area contributed by atoms with Gasteiger partial charge in [0.25, 0.3) is 0 Å². The van der Waals surface area contributed by atoms with Gasteiger partial charge in [0.2, 0.25) is 5.91 Å². The molecular weight excluding hydrogens is 458 g/mol. The highest BCUT2D eigenvalue weighted by Crippen LogP contribution is 2.33. The molecule has 1 aliphatic heterocycles. The number of H-pyrrole nitrogens is 1. The number of Topliss-reactive ketones (excluding diaryl/α,β-unsaturated/α-hetero) is 1. The van der Waals surface area contributed by atoms with E-state index in [0.717, 1.165) is 41.1 Å². The minimum Gasteiger partial charge on any atom is -0.465 e. The van der Waals surface area contributed by atoms with Crippen molar-refractivity contribution in [3.63, 3.8) is 0 Å². The Morgan fingerprint density at radius 2 is 1.75 bits per heavy atom. The smallest absolute Gasteiger partial charge is 0.404 e. The number of nitrogens with zero attached hydrogens (tertiary/aromatic N) is 2. The maximum absolute atomic E-state index is 12.9. The zero-order valence-electron chi connectivity index (χ0n) is 20.2. The molecule has 9 nitrogen and oxygen atoms in total. The van der Waals surface area contributed by atoms with Gasteiger partial charge in [0.15, 0.2) is 5.78 Å². The molecule has 0 radical (unpaired) electrons. The van der Waals surface area contributed by atoms with E-state index in [2.05, 4.69) is 15.3 Å². The number of aromatic amines is 1. The summed E-state index contributed by atoms with van der Waals surface area (Å²) in [5.41, 5.74) is 9.93. The zero-order valence-corrected chi connectivity index (χ0v) is 20.2. The van der Waals surface area contributed by atoms with Crippen molar-refractivity contribution in [2.75, 3.05) is 19.6 Å². The highest BCUT2D eigenvalue weighted by Gasteiger charge is 2.32. The molecule has 9 heteroatoms. The van der Waals surface area contributed by atoms with Crippen LogP contribution in [0.2, 0.25) is 0 Å². The number of rotatable bonds is 9. The molecule has 0 aliphatic carbocycles. The van der Waals surface area contributed by atoms with Gasteiger partial charge in [-0.15, -0.1) is 0 Å². The van der Waals surface area contributed by atoms with Crippen LogP contribution >= 0.6 is 0 Å². The molecule has 5 N–H and O–H groups in total. The first-order valence-electron chi connectivity index (χ1n) is 12.1. The molecule has 1 fully saturated rings. The average Bonchev–Trinajstić information content (AvgIpc) is 3.57. The van der Waals surface area contributed by atoms with Crippen molar-refractivity contribution in [3.05, 3.63) is 66.1 Å². The van der Waals surface area contributed by atoms with Crippen molar-refractivity contribution in [1.82, 2.24) is 20.2 Å². The predicted octanol–water partition coefficient (Wildman–Crippen LogP) is 3.84. The number of aromatic nitrogens is 2. The summed E-state index contributed by atoms with van der Waals surface area (Å²) in [5.74, 6) is 0.604. The highest BCUT2D eigenvalue weighted by molar-refractivity contribution is 5.97. The molecule has 2 amide bonds. The molecule has 0 spiro atoms. The summed E-state index contributed by atoms with van der Waals surface area (Å²) in [4.78, 5) is 45.2. The Balaban J connectivity index is 1.42. The van der Waals surface area contributed by atoms with E-state index >= 15 is 0 Å². The lowest BCUT2D eigenvalue weighted by atomic mass is 10.0. The Kier molecular flexibility index (Phi) is 7.80. The molecule has 0 saturated carbocycles. The van der Waals surface area contributed by atoms with E-state index in [9.17, 15) is 14.4 Å². The fourth-order valence-electron chi connectivity index (χ4n) is 4.56. The molecule has 1 saturated heterocycles. The molecule has 2 aromatic carbocycles. The summed E-state index contributed by atoms with van der Waals surface area (Å²) in [7, 11) is 0. The van der Waals surface area contributed by atoms with Crippen molar-refractivity contribution < 1.29 is 19.5 Å². The fourth-order valence-corrected chi connectivity index (χ4v) is 4.56. The number of nitrogens with two attached hydrogens (primary N) is 1. The Hall–Kier alpha value is -3.98. The summed E-state index contributed by atoms with van der Waals surface area (Å²) in [6.07, 6.45) is 2.73. The van der Waals surface area contributed by atoms with Gasteiger partial charge < -0.3 is 26.0 Å². The Morgan fingerprint density at radius 1 is 1.11 bits per heavy atom. The second-order valence-corrected chi connectivity index (χ2v) is 9.20. The number of ketones is 1. The minimum absolute atomic E-state index is 0.00358. The molecule has 0 bridgehead atoms. The summed E-state index contributed by atoms with van der Waals surface area (Å²) >= 11 is 0. The number of imidazole rings is 1. The van der Waals surface area contributed by atoms with Crippen LogP contribution in [0, 0.1) is 5.92 Å². The van der Waals surface area contributed by atoms with Crippen LogP contribution in [0.4, 0.5) is 4.79 Å². The van der Waals surface area contributed by atoms with Gasteiger partial charge in [0, 0.05) is 25.1 Å². The molecule has 2 atom stereocenters. The third-order valence-electron chi connectivity index (χ3n) is 6.53. The number of hydrogen-bond acceptors (Lipinski definition) is 5. The highest BCUT2D eigenvalue weighted by atomic mass is 16.4. The second kappa shape index (κ2) is 11.2. The molecule has 188 valence electrons. The minimum atomic E-state index is -1.08. The van der Waals surface area contributed by atoms with E-state index in [1.807, 2.05) is 48.2 Å². The summed E-state index contributed by atoms with van der Waals surface area (Å²) in [6.45, 7) is 2.78. The number of amides is 2. The first-order chi connectivity index (χ1) is 17.4. The first kappa shape index (κ1) is 25.1. The summed E-state index contributed by atoms with van der Waals surface area (Å²) in [5, 5.41) is 11.1. The van der Waals surface area contributed by atoms with Gasteiger partial charge >= 0.3 is 6.09 Å². The van der Waals surface area contributed by atoms with E-state index in [1.54, 1.807) is 18.3 Å². The van der Waals surface area contributed by atoms with E-state index in [0.29, 0.717) is 12.1 Å². The third-order valence-corrected chi connectivity index (χ3v) is 6.53. The van der Waals surface area contributed by atoms with Gasteiger partial charge in [-0.05, 0) is 35.4 Å². The fraction of sp³-hybridized carbons (Fsp3) is 0.333. The van der Waals surface area contributed by atoms with Crippen LogP contribution in [0.3, 0.4) is 0 Å². The van der Waals surface area contributed by atoms with E-state index < -0.39 is 6.09 Å². The quantitative estimate of drug-likeness (QED) is 0.337. The van der Waals surface area contributed by atoms with Crippen LogP contribution in [0.25, 0.3) is 22.4 Å². The number of carbonyl (C=O) groups is 3. The molecule has 36 heavy (non-hydrogen) atoms. The molecule has 3 aromatic rings. The number of benzene rings is 2. The van der Waals surface area contributed by atoms with Gasteiger partial charge in [-0.25, -0.2) is 9.78 Å². The van der Waals surface area contributed by atoms with Crippen molar-refractivity contribution >= 4 is 17.8 Å². The van der Waals surface area contributed by atoms with Crippen LogP contribution < -0.4 is 11.1 Å². The summed E-state index contributed by atoms with van der Waals surface area (Å²) in [6, 6.07) is 15.4. The van der Waals surface area contributed by atoms with E-state index in [-0.39, 0.29) is 43.2 Å². The molecule has 4 rings (SSSR count). The van der Waals surface area contributed by atoms with Crippen LogP contribution in [0.15, 0.2) is 54.7 Å². The largest absolute Gasteiger partial charge is 0.465 e. The number of carbonyl (C=O) groups excluding carboxylic acids is 2. The van der Waals surface area contributed by atoms with Crippen LogP contribution in [0.5, 0.6) is 0 Å². The topological polar surface area (TPSA) is 141 Å². The van der Waals surface area contributed by atoms with Crippen molar-refractivity contribution in [1.29, 1.82) is 0 Å². The Morgan fingerprint density at radius 3 is 2.39 bits per heavy atom. The first-order valence-corrected chi connectivity index (χ1v) is 12.1. The zero-order chi connectivity index (χ0) is 25.7. The summed E-state index contributed by atoms with van der Waals surface area (Å²) < 4.78 is 0. The number of likely N-dealkylation sites (tertiary alicyclic amines) is 1. The number of hydrogen-bond donors (Lipinski definition) is 4. The lowest BCUT2D eigenvalue weighted by Crippen LogP contribution is -2.34.